The van der Waals surface area contributed by atoms with Gasteiger partial charge in [-0.05, 0) is 48.6 Å². The van der Waals surface area contributed by atoms with Crippen LogP contribution in [0.1, 0.15) is 36.6 Å². The van der Waals surface area contributed by atoms with E-state index in [1.54, 1.807) is 0 Å². The Hall–Kier alpha value is -2.13. The summed E-state index contributed by atoms with van der Waals surface area (Å²) in [6.45, 7) is 8.68. The summed E-state index contributed by atoms with van der Waals surface area (Å²) in [4.78, 5) is 12.2. The van der Waals surface area contributed by atoms with Gasteiger partial charge in [0.1, 0.15) is 0 Å². The third-order valence-corrected chi connectivity index (χ3v) is 3.81. The van der Waals surface area contributed by atoms with Crippen LogP contribution in [0.15, 0.2) is 48.5 Å². The van der Waals surface area contributed by atoms with Crippen molar-refractivity contribution in [2.75, 3.05) is 11.9 Å². The van der Waals surface area contributed by atoms with Crippen LogP contribution in [0.3, 0.4) is 0 Å². The normalized spacial score (nSPS) is 12.2. The molecule has 2 rings (SSSR count). The number of rotatable bonds is 6. The molecule has 0 fully saturated rings. The summed E-state index contributed by atoms with van der Waals surface area (Å²) in [5, 5.41) is 6.34. The molecule has 0 bridgehead atoms. The van der Waals surface area contributed by atoms with Crippen LogP contribution in [-0.4, -0.2) is 12.5 Å². The molecule has 0 spiro atoms. The van der Waals surface area contributed by atoms with Gasteiger partial charge in [-0.15, -0.1) is 0 Å². The maximum atomic E-state index is 12.2. The zero-order valence-corrected chi connectivity index (χ0v) is 14.4. The first-order valence-corrected chi connectivity index (χ1v) is 8.12. The molecule has 122 valence electrons. The maximum absolute atomic E-state index is 12.2. The number of hydrogen-bond acceptors (Lipinski definition) is 2. The third kappa shape index (κ3) is 5.22. The number of nitrogens with one attached hydrogen (secondary N) is 2. The topological polar surface area (TPSA) is 41.1 Å². The quantitative estimate of drug-likeness (QED) is 0.838. The monoisotopic (exact) mass is 310 g/mol. The SMILES string of the molecule is Cc1cc(C)cc(NC(=O)CN[C@H](c2ccccc2)C(C)C)c1. The van der Waals surface area contributed by atoms with Crippen LogP contribution >= 0.6 is 0 Å². The maximum Gasteiger partial charge on any atom is 0.238 e. The van der Waals surface area contributed by atoms with Crippen molar-refractivity contribution < 1.29 is 4.79 Å². The van der Waals surface area contributed by atoms with Gasteiger partial charge in [-0.3, -0.25) is 4.79 Å². The zero-order chi connectivity index (χ0) is 16.8. The summed E-state index contributed by atoms with van der Waals surface area (Å²) in [6, 6.07) is 16.5. The summed E-state index contributed by atoms with van der Waals surface area (Å²) >= 11 is 0. The van der Waals surface area contributed by atoms with Crippen molar-refractivity contribution >= 4 is 11.6 Å². The molecule has 1 atom stereocenters. The molecule has 0 radical (unpaired) electrons. The molecular formula is C20H26N2O. The zero-order valence-electron chi connectivity index (χ0n) is 14.4. The minimum absolute atomic E-state index is 0.0171. The molecule has 2 aromatic rings. The minimum atomic E-state index is -0.0171. The van der Waals surface area contributed by atoms with E-state index in [1.807, 2.05) is 44.2 Å². The fourth-order valence-corrected chi connectivity index (χ4v) is 2.85. The minimum Gasteiger partial charge on any atom is -0.325 e. The molecule has 0 aliphatic carbocycles. The predicted octanol–water partition coefficient (Wildman–Crippen LogP) is 4.23. The van der Waals surface area contributed by atoms with Gasteiger partial charge < -0.3 is 10.6 Å². The van der Waals surface area contributed by atoms with E-state index in [2.05, 4.69) is 42.7 Å². The van der Waals surface area contributed by atoms with Crippen molar-refractivity contribution in [1.29, 1.82) is 0 Å². The van der Waals surface area contributed by atoms with Crippen molar-refractivity contribution in [2.45, 2.75) is 33.7 Å². The van der Waals surface area contributed by atoms with Crippen LogP contribution in [-0.2, 0) is 4.79 Å². The summed E-state index contributed by atoms with van der Waals surface area (Å²) in [7, 11) is 0. The van der Waals surface area contributed by atoms with Gasteiger partial charge >= 0.3 is 0 Å². The van der Waals surface area contributed by atoms with Crippen molar-refractivity contribution in [3.63, 3.8) is 0 Å². The summed E-state index contributed by atoms with van der Waals surface area (Å²) in [5.41, 5.74) is 4.37. The first kappa shape index (κ1) is 17.2. The number of amides is 1. The predicted molar refractivity (Wildman–Crippen MR) is 96.6 cm³/mol. The molecule has 23 heavy (non-hydrogen) atoms. The van der Waals surface area contributed by atoms with E-state index in [-0.39, 0.29) is 11.9 Å². The lowest BCUT2D eigenvalue weighted by Gasteiger charge is -2.22. The highest BCUT2D eigenvalue weighted by Gasteiger charge is 2.16. The fourth-order valence-electron chi connectivity index (χ4n) is 2.85. The number of hydrogen-bond donors (Lipinski definition) is 2. The van der Waals surface area contributed by atoms with Crippen molar-refractivity contribution in [1.82, 2.24) is 5.32 Å². The molecule has 3 nitrogen and oxygen atoms in total. The van der Waals surface area contributed by atoms with Crippen molar-refractivity contribution in [3.8, 4) is 0 Å². The highest BCUT2D eigenvalue weighted by atomic mass is 16.1. The molecule has 0 aliphatic rings. The van der Waals surface area contributed by atoms with Crippen LogP contribution < -0.4 is 10.6 Å². The van der Waals surface area contributed by atoms with Gasteiger partial charge in [0.25, 0.3) is 0 Å². The lowest BCUT2D eigenvalue weighted by Crippen LogP contribution is -2.33. The van der Waals surface area contributed by atoms with E-state index < -0.39 is 0 Å². The van der Waals surface area contributed by atoms with Gasteiger partial charge in [0.2, 0.25) is 5.91 Å². The van der Waals surface area contributed by atoms with E-state index in [4.69, 9.17) is 0 Å². The smallest absolute Gasteiger partial charge is 0.238 e. The molecule has 2 N–H and O–H groups in total. The Balaban J connectivity index is 1.96. The van der Waals surface area contributed by atoms with E-state index in [0.717, 1.165) is 16.8 Å². The second kappa shape index (κ2) is 7.93. The Labute approximate surface area is 139 Å². The molecule has 3 heteroatoms. The molecular weight excluding hydrogens is 284 g/mol. The second-order valence-electron chi connectivity index (χ2n) is 6.44. The van der Waals surface area contributed by atoms with E-state index in [1.165, 1.54) is 5.56 Å². The average Bonchev–Trinajstić information content (AvgIpc) is 2.47. The summed E-state index contributed by atoms with van der Waals surface area (Å²) in [5.74, 6) is 0.392. The molecule has 1 amide bonds. The summed E-state index contributed by atoms with van der Waals surface area (Å²) < 4.78 is 0. The molecule has 2 aromatic carbocycles. The van der Waals surface area contributed by atoms with Gasteiger partial charge in [0.15, 0.2) is 0 Å². The molecule has 0 saturated heterocycles. The number of benzene rings is 2. The number of anilines is 1. The largest absolute Gasteiger partial charge is 0.325 e. The molecule has 0 heterocycles. The van der Waals surface area contributed by atoms with Crippen LogP contribution in [0.5, 0.6) is 0 Å². The van der Waals surface area contributed by atoms with Crippen molar-refractivity contribution in [3.05, 3.63) is 65.2 Å². The highest BCUT2D eigenvalue weighted by molar-refractivity contribution is 5.92. The third-order valence-electron chi connectivity index (χ3n) is 3.81. The van der Waals surface area contributed by atoms with Gasteiger partial charge in [0.05, 0.1) is 6.54 Å². The molecule has 0 unspecified atom stereocenters. The lowest BCUT2D eigenvalue weighted by molar-refractivity contribution is -0.115. The van der Waals surface area contributed by atoms with Crippen LogP contribution in [0.25, 0.3) is 0 Å². The van der Waals surface area contributed by atoms with Crippen LogP contribution in [0, 0.1) is 19.8 Å². The number of carbonyl (C=O) groups excluding carboxylic acids is 1. The Morgan fingerprint density at radius 2 is 1.61 bits per heavy atom. The average molecular weight is 310 g/mol. The first-order chi connectivity index (χ1) is 11.0. The number of aryl methyl sites for hydroxylation is 2. The first-order valence-electron chi connectivity index (χ1n) is 8.12. The van der Waals surface area contributed by atoms with E-state index in [9.17, 15) is 4.79 Å². The fraction of sp³-hybridized carbons (Fsp3) is 0.350. The molecule has 0 saturated carbocycles. The van der Waals surface area contributed by atoms with Crippen molar-refractivity contribution in [2.24, 2.45) is 5.92 Å². The Morgan fingerprint density at radius 1 is 1.00 bits per heavy atom. The molecule has 0 aromatic heterocycles. The van der Waals surface area contributed by atoms with E-state index in [0.29, 0.717) is 12.5 Å². The highest BCUT2D eigenvalue weighted by Crippen LogP contribution is 2.21. The van der Waals surface area contributed by atoms with Crippen LogP contribution in [0.4, 0.5) is 5.69 Å². The second-order valence-corrected chi connectivity index (χ2v) is 6.44. The summed E-state index contributed by atoms with van der Waals surface area (Å²) in [6.07, 6.45) is 0. The van der Waals surface area contributed by atoms with Gasteiger partial charge in [0, 0.05) is 11.7 Å². The van der Waals surface area contributed by atoms with E-state index >= 15 is 0 Å². The van der Waals surface area contributed by atoms with Gasteiger partial charge in [-0.1, -0.05) is 50.2 Å². The Bertz CT molecular complexity index is 630. The molecule has 0 aliphatic heterocycles. The Kier molecular flexibility index (Phi) is 5.94. The Morgan fingerprint density at radius 3 is 2.17 bits per heavy atom. The van der Waals surface area contributed by atoms with Gasteiger partial charge in [-0.25, -0.2) is 0 Å². The standard InChI is InChI=1S/C20H26N2O/c1-14(2)20(17-8-6-5-7-9-17)21-13-19(23)22-18-11-15(3)10-16(4)12-18/h5-12,14,20-21H,13H2,1-4H3,(H,22,23)/t20-/m0/s1. The lowest BCUT2D eigenvalue weighted by atomic mass is 9.96. The number of carbonyl (C=O) groups is 1. The van der Waals surface area contributed by atoms with Crippen LogP contribution in [0.2, 0.25) is 0 Å². The van der Waals surface area contributed by atoms with Gasteiger partial charge in [-0.2, -0.15) is 0 Å².